The van der Waals surface area contributed by atoms with Crippen LogP contribution in [0.15, 0.2) is 0 Å². The number of sulfonamides is 1. The summed E-state index contributed by atoms with van der Waals surface area (Å²) in [4.78, 5) is 0. The van der Waals surface area contributed by atoms with E-state index in [-0.39, 0.29) is 11.2 Å². The molecule has 0 radical (unpaired) electrons. The summed E-state index contributed by atoms with van der Waals surface area (Å²) in [6.07, 6.45) is 7.08. The SMILES string of the molecule is CCC1(CNS(=O)(=O)CCNC2CC2)CCC1. The zero-order chi connectivity index (χ0) is 12.4. The first kappa shape index (κ1) is 13.3. The van der Waals surface area contributed by atoms with E-state index in [0.29, 0.717) is 19.1 Å². The molecule has 0 bridgehead atoms. The number of rotatable bonds is 8. The summed E-state index contributed by atoms with van der Waals surface area (Å²) in [5, 5.41) is 3.23. The largest absolute Gasteiger partial charge is 0.313 e. The highest BCUT2D eigenvalue weighted by Crippen LogP contribution is 2.43. The maximum absolute atomic E-state index is 11.8. The van der Waals surface area contributed by atoms with Crippen molar-refractivity contribution in [2.75, 3.05) is 18.8 Å². The molecule has 0 aliphatic heterocycles. The van der Waals surface area contributed by atoms with E-state index in [0.717, 1.165) is 6.42 Å². The molecule has 2 aliphatic carbocycles. The molecule has 0 atom stereocenters. The Kier molecular flexibility index (Phi) is 4.10. The zero-order valence-electron chi connectivity index (χ0n) is 10.7. The summed E-state index contributed by atoms with van der Waals surface area (Å²) >= 11 is 0. The van der Waals surface area contributed by atoms with Gasteiger partial charge in [0.2, 0.25) is 10.0 Å². The molecular formula is C12H24N2O2S. The third kappa shape index (κ3) is 3.93. The maximum Gasteiger partial charge on any atom is 0.212 e. The fourth-order valence-corrected chi connectivity index (χ4v) is 3.41. The van der Waals surface area contributed by atoms with E-state index >= 15 is 0 Å². The minimum absolute atomic E-state index is 0.212. The van der Waals surface area contributed by atoms with Gasteiger partial charge in [-0.1, -0.05) is 13.3 Å². The molecule has 0 amide bonds. The predicted octanol–water partition coefficient (Wildman–Crippen LogP) is 1.24. The molecule has 0 unspecified atom stereocenters. The third-order valence-electron chi connectivity index (χ3n) is 4.21. The third-order valence-corrected chi connectivity index (χ3v) is 5.54. The molecule has 17 heavy (non-hydrogen) atoms. The van der Waals surface area contributed by atoms with Gasteiger partial charge in [0.15, 0.2) is 0 Å². The predicted molar refractivity (Wildman–Crippen MR) is 69.4 cm³/mol. The second-order valence-corrected chi connectivity index (χ2v) is 7.50. The van der Waals surface area contributed by atoms with Crippen LogP contribution in [0.2, 0.25) is 0 Å². The quantitative estimate of drug-likeness (QED) is 0.690. The molecule has 2 fully saturated rings. The molecule has 0 aromatic heterocycles. The molecule has 0 heterocycles. The van der Waals surface area contributed by atoms with Crippen LogP contribution in [0.4, 0.5) is 0 Å². The Morgan fingerprint density at radius 2 is 2.00 bits per heavy atom. The number of hydrogen-bond donors (Lipinski definition) is 2. The Labute approximate surface area is 105 Å². The Bertz CT molecular complexity index is 340. The van der Waals surface area contributed by atoms with Crippen molar-refractivity contribution in [2.45, 2.75) is 51.5 Å². The molecule has 2 saturated carbocycles. The van der Waals surface area contributed by atoms with Crippen LogP contribution in [0.25, 0.3) is 0 Å². The summed E-state index contributed by atoms with van der Waals surface area (Å²) < 4.78 is 26.3. The van der Waals surface area contributed by atoms with Gasteiger partial charge in [-0.2, -0.15) is 0 Å². The standard InChI is InChI=1S/C12H24N2O2S/c1-2-12(6-3-7-12)10-14-17(15,16)9-8-13-11-4-5-11/h11,13-14H,2-10H2,1H3. The van der Waals surface area contributed by atoms with Gasteiger partial charge >= 0.3 is 0 Å². The molecule has 5 heteroatoms. The molecular weight excluding hydrogens is 236 g/mol. The lowest BCUT2D eigenvalue weighted by atomic mass is 9.67. The molecule has 0 aromatic rings. The van der Waals surface area contributed by atoms with E-state index < -0.39 is 10.0 Å². The Morgan fingerprint density at radius 1 is 1.29 bits per heavy atom. The van der Waals surface area contributed by atoms with E-state index in [2.05, 4.69) is 17.0 Å². The molecule has 100 valence electrons. The lowest BCUT2D eigenvalue weighted by Crippen LogP contribution is -2.43. The summed E-state index contributed by atoms with van der Waals surface area (Å²) in [7, 11) is -3.08. The fraction of sp³-hybridized carbons (Fsp3) is 1.00. The summed E-state index contributed by atoms with van der Waals surface area (Å²) in [6, 6.07) is 0.582. The molecule has 0 aromatic carbocycles. The van der Waals surface area contributed by atoms with Gasteiger partial charge in [-0.25, -0.2) is 13.1 Å². The average Bonchev–Trinajstić information content (AvgIpc) is 3.00. The second-order valence-electron chi connectivity index (χ2n) is 5.58. The van der Waals surface area contributed by atoms with Crippen molar-refractivity contribution in [3.05, 3.63) is 0 Å². The van der Waals surface area contributed by atoms with Crippen LogP contribution < -0.4 is 10.0 Å². The summed E-state index contributed by atoms with van der Waals surface area (Å²) in [6.45, 7) is 3.37. The van der Waals surface area contributed by atoms with Crippen molar-refractivity contribution in [3.63, 3.8) is 0 Å². The van der Waals surface area contributed by atoms with E-state index in [1.54, 1.807) is 0 Å². The number of hydrogen-bond acceptors (Lipinski definition) is 3. The van der Waals surface area contributed by atoms with Crippen LogP contribution in [0.3, 0.4) is 0 Å². The van der Waals surface area contributed by atoms with Gasteiger partial charge in [-0.3, -0.25) is 0 Å². The first-order valence-corrected chi connectivity index (χ1v) is 8.41. The topological polar surface area (TPSA) is 58.2 Å². The Balaban J connectivity index is 1.68. The lowest BCUT2D eigenvalue weighted by molar-refractivity contribution is 0.133. The first-order valence-electron chi connectivity index (χ1n) is 6.76. The minimum atomic E-state index is -3.08. The van der Waals surface area contributed by atoms with Crippen molar-refractivity contribution in [1.29, 1.82) is 0 Å². The molecule has 0 spiro atoms. The maximum atomic E-state index is 11.8. The van der Waals surface area contributed by atoms with Crippen LogP contribution in [-0.2, 0) is 10.0 Å². The van der Waals surface area contributed by atoms with Crippen LogP contribution >= 0.6 is 0 Å². The zero-order valence-corrected chi connectivity index (χ0v) is 11.5. The Hall–Kier alpha value is -0.130. The summed E-state index contributed by atoms with van der Waals surface area (Å²) in [5.74, 6) is 0.212. The van der Waals surface area contributed by atoms with Gasteiger partial charge in [0, 0.05) is 19.1 Å². The molecule has 2 N–H and O–H groups in total. The Morgan fingerprint density at radius 3 is 2.47 bits per heavy atom. The molecule has 4 nitrogen and oxygen atoms in total. The van der Waals surface area contributed by atoms with Crippen molar-refractivity contribution in [3.8, 4) is 0 Å². The highest BCUT2D eigenvalue weighted by atomic mass is 32.2. The van der Waals surface area contributed by atoms with E-state index in [1.807, 2.05) is 0 Å². The fourth-order valence-electron chi connectivity index (χ4n) is 2.35. The normalized spacial score (nSPS) is 23.4. The van der Waals surface area contributed by atoms with Gasteiger partial charge in [0.05, 0.1) is 5.75 Å². The van der Waals surface area contributed by atoms with Gasteiger partial charge < -0.3 is 5.32 Å². The van der Waals surface area contributed by atoms with Crippen LogP contribution in [0.1, 0.15) is 45.4 Å². The monoisotopic (exact) mass is 260 g/mol. The van der Waals surface area contributed by atoms with E-state index in [9.17, 15) is 8.42 Å². The van der Waals surface area contributed by atoms with E-state index in [4.69, 9.17) is 0 Å². The molecule has 0 saturated heterocycles. The average molecular weight is 260 g/mol. The highest BCUT2D eigenvalue weighted by molar-refractivity contribution is 7.89. The van der Waals surface area contributed by atoms with Crippen molar-refractivity contribution >= 4 is 10.0 Å². The van der Waals surface area contributed by atoms with Crippen molar-refractivity contribution in [1.82, 2.24) is 10.0 Å². The van der Waals surface area contributed by atoms with Gasteiger partial charge in [0.1, 0.15) is 0 Å². The summed E-state index contributed by atoms with van der Waals surface area (Å²) in [5.41, 5.74) is 0.261. The van der Waals surface area contributed by atoms with Crippen molar-refractivity contribution in [2.24, 2.45) is 5.41 Å². The second kappa shape index (κ2) is 5.24. The lowest BCUT2D eigenvalue weighted by Gasteiger charge is -2.41. The van der Waals surface area contributed by atoms with Gasteiger partial charge in [-0.05, 0) is 37.5 Å². The van der Waals surface area contributed by atoms with Crippen LogP contribution in [0.5, 0.6) is 0 Å². The minimum Gasteiger partial charge on any atom is -0.313 e. The highest BCUT2D eigenvalue weighted by Gasteiger charge is 2.35. The molecule has 2 aliphatic rings. The van der Waals surface area contributed by atoms with Crippen LogP contribution in [0, 0.1) is 5.41 Å². The smallest absolute Gasteiger partial charge is 0.212 e. The first-order chi connectivity index (χ1) is 8.05. The van der Waals surface area contributed by atoms with Crippen molar-refractivity contribution < 1.29 is 8.42 Å². The van der Waals surface area contributed by atoms with Crippen LogP contribution in [-0.4, -0.2) is 33.3 Å². The van der Waals surface area contributed by atoms with Gasteiger partial charge in [-0.15, -0.1) is 0 Å². The number of nitrogens with one attached hydrogen (secondary N) is 2. The molecule has 2 rings (SSSR count). The van der Waals surface area contributed by atoms with E-state index in [1.165, 1.54) is 32.1 Å². The van der Waals surface area contributed by atoms with Gasteiger partial charge in [0.25, 0.3) is 0 Å².